The molecule has 1 unspecified atom stereocenters. The Morgan fingerprint density at radius 2 is 1.96 bits per heavy atom. The van der Waals surface area contributed by atoms with E-state index in [0.717, 1.165) is 29.9 Å². The zero-order chi connectivity index (χ0) is 18.6. The van der Waals surface area contributed by atoms with E-state index in [0.29, 0.717) is 12.3 Å². The molecule has 7 nitrogen and oxygen atoms in total. The van der Waals surface area contributed by atoms with Gasteiger partial charge in [0.15, 0.2) is 5.69 Å². The number of nitrogens with zero attached hydrogens (tertiary/aromatic N) is 3. The van der Waals surface area contributed by atoms with Crippen molar-refractivity contribution >= 4 is 11.6 Å². The monoisotopic (exact) mass is 363 g/mol. The lowest BCUT2D eigenvalue weighted by molar-refractivity contribution is 0.0277. The van der Waals surface area contributed by atoms with Crippen LogP contribution in [0, 0.1) is 6.92 Å². The van der Waals surface area contributed by atoms with Crippen molar-refractivity contribution in [2.24, 2.45) is 0 Å². The number of aromatic nitrogens is 3. The van der Waals surface area contributed by atoms with Gasteiger partial charge in [0.25, 0.3) is 5.91 Å². The highest BCUT2D eigenvalue weighted by molar-refractivity contribution is 6.02. The molecule has 0 saturated carbocycles. The van der Waals surface area contributed by atoms with Gasteiger partial charge in [-0.2, -0.15) is 9.90 Å². The van der Waals surface area contributed by atoms with Crippen molar-refractivity contribution in [2.75, 3.05) is 25.0 Å². The van der Waals surface area contributed by atoms with Gasteiger partial charge in [0, 0.05) is 18.8 Å². The van der Waals surface area contributed by atoms with Gasteiger partial charge in [-0.25, -0.2) is 0 Å². The second-order valence-corrected chi connectivity index (χ2v) is 6.49. The first-order valence-corrected chi connectivity index (χ1v) is 8.92. The number of carbonyl (C=O) groups excluding carboxylic acids is 1. The Balaban J connectivity index is 1.42. The lowest BCUT2D eigenvalue weighted by atomic mass is 10.1. The molecule has 2 aromatic carbocycles. The van der Waals surface area contributed by atoms with Gasteiger partial charge in [-0.05, 0) is 36.8 Å². The molecule has 7 heteroatoms. The molecule has 0 spiro atoms. The molecule has 27 heavy (non-hydrogen) atoms. The van der Waals surface area contributed by atoms with Crippen LogP contribution in [0.1, 0.15) is 27.7 Å². The summed E-state index contributed by atoms with van der Waals surface area (Å²) in [5, 5.41) is 14.6. The summed E-state index contributed by atoms with van der Waals surface area (Å²) >= 11 is 0. The van der Waals surface area contributed by atoms with E-state index in [1.807, 2.05) is 55.5 Å². The number of anilines is 1. The van der Waals surface area contributed by atoms with Crippen LogP contribution in [0.15, 0.2) is 54.7 Å². The molecule has 1 aliphatic heterocycles. The maximum absolute atomic E-state index is 12.4. The van der Waals surface area contributed by atoms with Crippen molar-refractivity contribution in [1.82, 2.24) is 20.3 Å². The molecular weight excluding hydrogens is 342 g/mol. The van der Waals surface area contributed by atoms with E-state index in [-0.39, 0.29) is 17.7 Å². The second-order valence-electron chi connectivity index (χ2n) is 6.49. The van der Waals surface area contributed by atoms with Gasteiger partial charge in [0.1, 0.15) is 0 Å². The Kier molecular flexibility index (Phi) is 4.95. The number of amides is 1. The van der Waals surface area contributed by atoms with Crippen LogP contribution in [-0.4, -0.2) is 40.6 Å². The number of hydrogen-bond donors (Lipinski definition) is 2. The van der Waals surface area contributed by atoms with Crippen LogP contribution < -0.4 is 10.6 Å². The summed E-state index contributed by atoms with van der Waals surface area (Å²) in [6.45, 7) is 4.41. The molecule has 1 saturated heterocycles. The van der Waals surface area contributed by atoms with Crippen molar-refractivity contribution in [3.63, 3.8) is 0 Å². The fourth-order valence-corrected chi connectivity index (χ4v) is 2.93. The second kappa shape index (κ2) is 7.69. The van der Waals surface area contributed by atoms with Crippen molar-refractivity contribution in [3.8, 4) is 5.69 Å². The summed E-state index contributed by atoms with van der Waals surface area (Å²) in [4.78, 5) is 13.9. The van der Waals surface area contributed by atoms with E-state index >= 15 is 0 Å². The molecule has 1 aliphatic rings. The number of rotatable bonds is 4. The van der Waals surface area contributed by atoms with Crippen LogP contribution in [0.3, 0.4) is 0 Å². The van der Waals surface area contributed by atoms with Gasteiger partial charge < -0.3 is 15.4 Å². The molecule has 0 bridgehead atoms. The van der Waals surface area contributed by atoms with E-state index in [1.54, 1.807) is 0 Å². The van der Waals surface area contributed by atoms with Gasteiger partial charge in [-0.3, -0.25) is 4.79 Å². The fourth-order valence-electron chi connectivity index (χ4n) is 2.93. The summed E-state index contributed by atoms with van der Waals surface area (Å²) in [6, 6.07) is 15.5. The topological polar surface area (TPSA) is 81.1 Å². The summed E-state index contributed by atoms with van der Waals surface area (Å²) in [5.41, 5.74) is 4.02. The molecule has 1 atom stereocenters. The Bertz CT molecular complexity index is 912. The highest BCUT2D eigenvalue weighted by atomic mass is 16.5. The molecule has 2 heterocycles. The average molecular weight is 363 g/mol. The third kappa shape index (κ3) is 4.05. The van der Waals surface area contributed by atoms with Crippen LogP contribution in [0.25, 0.3) is 5.69 Å². The van der Waals surface area contributed by atoms with E-state index in [1.165, 1.54) is 11.0 Å². The van der Waals surface area contributed by atoms with Crippen molar-refractivity contribution in [1.29, 1.82) is 0 Å². The van der Waals surface area contributed by atoms with Crippen molar-refractivity contribution < 1.29 is 9.53 Å². The minimum atomic E-state index is -0.295. The number of ether oxygens (including phenoxy) is 1. The van der Waals surface area contributed by atoms with Gasteiger partial charge in [-0.1, -0.05) is 29.8 Å². The summed E-state index contributed by atoms with van der Waals surface area (Å²) in [7, 11) is 0. The van der Waals surface area contributed by atoms with E-state index < -0.39 is 0 Å². The molecule has 1 fully saturated rings. The van der Waals surface area contributed by atoms with Crippen molar-refractivity contribution in [2.45, 2.75) is 13.0 Å². The highest BCUT2D eigenvalue weighted by Crippen LogP contribution is 2.21. The Hall–Kier alpha value is -3.03. The number of carbonyl (C=O) groups is 1. The standard InChI is InChI=1S/C20H21N5O2/c1-14-2-8-17(9-3-14)25-22-12-18(24-25)20(26)23-16-6-4-15(5-7-16)19-13-21-10-11-27-19/h2-9,12,19,21H,10-11,13H2,1H3,(H,23,26). The lowest BCUT2D eigenvalue weighted by Crippen LogP contribution is -2.33. The Morgan fingerprint density at radius 3 is 2.67 bits per heavy atom. The van der Waals surface area contributed by atoms with Crippen molar-refractivity contribution in [3.05, 3.63) is 71.5 Å². The molecule has 1 aromatic heterocycles. The van der Waals surface area contributed by atoms with Crippen LogP contribution in [0.5, 0.6) is 0 Å². The lowest BCUT2D eigenvalue weighted by Gasteiger charge is -2.24. The molecule has 2 N–H and O–H groups in total. The van der Waals surface area contributed by atoms with Gasteiger partial charge in [0.05, 0.1) is 24.6 Å². The van der Waals surface area contributed by atoms with Crippen LogP contribution >= 0.6 is 0 Å². The molecule has 0 aliphatic carbocycles. The van der Waals surface area contributed by atoms with Crippen LogP contribution in [0.4, 0.5) is 5.69 Å². The predicted molar refractivity (Wildman–Crippen MR) is 102 cm³/mol. The van der Waals surface area contributed by atoms with Crippen LogP contribution in [-0.2, 0) is 4.74 Å². The predicted octanol–water partition coefficient (Wildman–Crippen LogP) is 2.49. The summed E-state index contributed by atoms with van der Waals surface area (Å²) in [5.74, 6) is -0.295. The van der Waals surface area contributed by atoms with Gasteiger partial charge >= 0.3 is 0 Å². The molecule has 3 aromatic rings. The van der Waals surface area contributed by atoms with E-state index in [2.05, 4.69) is 20.8 Å². The first kappa shape index (κ1) is 17.4. The Morgan fingerprint density at radius 1 is 1.19 bits per heavy atom. The zero-order valence-corrected chi connectivity index (χ0v) is 15.1. The normalized spacial score (nSPS) is 16.9. The molecule has 1 amide bonds. The zero-order valence-electron chi connectivity index (χ0n) is 15.1. The summed E-state index contributed by atoms with van der Waals surface area (Å²) in [6.07, 6.45) is 1.52. The number of nitrogens with one attached hydrogen (secondary N) is 2. The first-order chi connectivity index (χ1) is 13.2. The number of hydrogen-bond acceptors (Lipinski definition) is 5. The molecule has 4 rings (SSSR count). The minimum Gasteiger partial charge on any atom is -0.371 e. The molecular formula is C20H21N5O2. The first-order valence-electron chi connectivity index (χ1n) is 8.92. The quantitative estimate of drug-likeness (QED) is 0.744. The SMILES string of the molecule is Cc1ccc(-n2ncc(C(=O)Nc3ccc(C4CNCCO4)cc3)n2)cc1. The van der Waals surface area contributed by atoms with Gasteiger partial charge in [-0.15, -0.1) is 5.10 Å². The third-order valence-electron chi connectivity index (χ3n) is 4.46. The van der Waals surface area contributed by atoms with E-state index in [9.17, 15) is 4.79 Å². The van der Waals surface area contributed by atoms with Crippen LogP contribution in [0.2, 0.25) is 0 Å². The minimum absolute atomic E-state index is 0.0536. The number of benzene rings is 2. The van der Waals surface area contributed by atoms with Gasteiger partial charge in [0.2, 0.25) is 0 Å². The molecule has 0 radical (unpaired) electrons. The average Bonchev–Trinajstić information content (AvgIpc) is 3.20. The maximum Gasteiger partial charge on any atom is 0.277 e. The fraction of sp³-hybridized carbons (Fsp3) is 0.250. The molecule has 138 valence electrons. The maximum atomic E-state index is 12.4. The third-order valence-corrected chi connectivity index (χ3v) is 4.46. The summed E-state index contributed by atoms with van der Waals surface area (Å²) < 4.78 is 5.74. The largest absolute Gasteiger partial charge is 0.371 e. The highest BCUT2D eigenvalue weighted by Gasteiger charge is 2.16. The number of aryl methyl sites for hydroxylation is 1. The number of morpholine rings is 1. The Labute approximate surface area is 157 Å². The smallest absolute Gasteiger partial charge is 0.277 e. The van der Waals surface area contributed by atoms with E-state index in [4.69, 9.17) is 4.74 Å².